The largest absolute Gasteiger partial charge is 0.444 e. The van der Waals surface area contributed by atoms with Gasteiger partial charge in [0.2, 0.25) is 0 Å². The van der Waals surface area contributed by atoms with E-state index in [0.717, 1.165) is 50.1 Å². The molecular formula is C26H29IN6O2. The van der Waals surface area contributed by atoms with E-state index in [0.29, 0.717) is 13.1 Å². The summed E-state index contributed by atoms with van der Waals surface area (Å²) in [5, 5.41) is 8.89. The lowest BCUT2D eigenvalue weighted by Gasteiger charge is -2.36. The molecule has 0 atom stereocenters. The molecule has 0 aliphatic carbocycles. The van der Waals surface area contributed by atoms with E-state index >= 15 is 0 Å². The Hall–Kier alpha value is -3.08. The van der Waals surface area contributed by atoms with Crippen LogP contribution in [0.15, 0.2) is 55.1 Å². The maximum Gasteiger partial charge on any atom is 0.410 e. The van der Waals surface area contributed by atoms with E-state index in [1.165, 1.54) is 0 Å². The summed E-state index contributed by atoms with van der Waals surface area (Å²) in [6.45, 7) is 8.55. The Morgan fingerprint density at radius 2 is 1.66 bits per heavy atom. The number of aryl methyl sites for hydroxylation is 1. The predicted molar refractivity (Wildman–Crippen MR) is 146 cm³/mol. The van der Waals surface area contributed by atoms with Crippen molar-refractivity contribution in [2.75, 3.05) is 31.1 Å². The first-order valence-corrected chi connectivity index (χ1v) is 12.7. The van der Waals surface area contributed by atoms with Crippen molar-refractivity contribution in [3.8, 4) is 22.3 Å². The number of fused-ring (bicyclic) bond motifs is 1. The minimum atomic E-state index is -0.475. The van der Waals surface area contributed by atoms with Gasteiger partial charge in [-0.1, -0.05) is 12.1 Å². The third kappa shape index (κ3) is 5.00. The zero-order chi connectivity index (χ0) is 24.7. The lowest BCUT2D eigenvalue weighted by Crippen LogP contribution is -2.50. The molecule has 5 rings (SSSR count). The second kappa shape index (κ2) is 9.18. The molecule has 1 amide bonds. The first kappa shape index (κ1) is 23.7. The molecule has 0 saturated carbocycles. The van der Waals surface area contributed by atoms with Crippen LogP contribution in [0.2, 0.25) is 0 Å². The Bertz CT molecular complexity index is 1360. The molecule has 0 spiro atoms. The highest BCUT2D eigenvalue weighted by Crippen LogP contribution is 2.33. The number of carbonyl (C=O) groups excluding carboxylic acids is 1. The molecule has 182 valence electrons. The monoisotopic (exact) mass is 584 g/mol. The van der Waals surface area contributed by atoms with Gasteiger partial charge in [-0.15, -0.1) is 0 Å². The molecule has 4 aromatic rings. The summed E-state index contributed by atoms with van der Waals surface area (Å²) in [4.78, 5) is 16.5. The molecule has 3 aromatic heterocycles. The van der Waals surface area contributed by atoms with Gasteiger partial charge in [-0.3, -0.25) is 4.68 Å². The second-order valence-electron chi connectivity index (χ2n) is 9.83. The summed E-state index contributed by atoms with van der Waals surface area (Å²) in [7, 11) is 1.92. The van der Waals surface area contributed by atoms with Crippen molar-refractivity contribution < 1.29 is 9.53 Å². The number of pyridine rings is 1. The molecule has 8 nitrogen and oxygen atoms in total. The van der Waals surface area contributed by atoms with Crippen molar-refractivity contribution in [3.05, 3.63) is 58.7 Å². The zero-order valence-corrected chi connectivity index (χ0v) is 22.6. The Balaban J connectivity index is 1.37. The van der Waals surface area contributed by atoms with Crippen molar-refractivity contribution in [3.63, 3.8) is 0 Å². The van der Waals surface area contributed by atoms with Crippen LogP contribution in [0.25, 0.3) is 27.8 Å². The lowest BCUT2D eigenvalue weighted by molar-refractivity contribution is 0.0240. The van der Waals surface area contributed by atoms with E-state index < -0.39 is 5.60 Å². The van der Waals surface area contributed by atoms with Crippen LogP contribution in [0, 0.1) is 3.57 Å². The lowest BCUT2D eigenvalue weighted by atomic mass is 10.0. The number of piperazine rings is 1. The molecule has 9 heteroatoms. The van der Waals surface area contributed by atoms with Crippen LogP contribution in [0.5, 0.6) is 0 Å². The van der Waals surface area contributed by atoms with Gasteiger partial charge in [0, 0.05) is 68.0 Å². The van der Waals surface area contributed by atoms with E-state index in [4.69, 9.17) is 4.74 Å². The van der Waals surface area contributed by atoms with Crippen LogP contribution in [0.4, 0.5) is 10.5 Å². The van der Waals surface area contributed by atoms with Crippen molar-refractivity contribution in [2.45, 2.75) is 26.4 Å². The highest BCUT2D eigenvalue weighted by atomic mass is 127. The summed E-state index contributed by atoms with van der Waals surface area (Å²) < 4.78 is 10.4. The number of benzene rings is 1. The molecule has 1 aliphatic rings. The molecule has 35 heavy (non-hydrogen) atoms. The molecule has 0 unspecified atom stereocenters. The molecule has 0 bridgehead atoms. The van der Waals surface area contributed by atoms with Gasteiger partial charge in [-0.2, -0.15) is 10.2 Å². The molecule has 1 saturated heterocycles. The first-order chi connectivity index (χ1) is 16.7. The van der Waals surface area contributed by atoms with Gasteiger partial charge < -0.3 is 14.5 Å². The molecule has 0 N–H and O–H groups in total. The van der Waals surface area contributed by atoms with Crippen LogP contribution in [0.1, 0.15) is 20.8 Å². The van der Waals surface area contributed by atoms with Crippen molar-refractivity contribution >= 4 is 39.9 Å². The highest BCUT2D eigenvalue weighted by Gasteiger charge is 2.26. The highest BCUT2D eigenvalue weighted by molar-refractivity contribution is 14.1. The fourth-order valence-corrected chi connectivity index (χ4v) is 5.02. The minimum Gasteiger partial charge on any atom is -0.444 e. The SMILES string of the molecule is Cn1cc(-c2cc(-c3ccc(N4CCN(C(=O)OC(C)(C)C)CC4)cc3)c3c(I)cnn3c2)cn1. The minimum absolute atomic E-state index is 0.236. The third-order valence-electron chi connectivity index (χ3n) is 6.08. The number of hydrogen-bond donors (Lipinski definition) is 0. The van der Waals surface area contributed by atoms with E-state index in [1.807, 2.05) is 55.6 Å². The quantitative estimate of drug-likeness (QED) is 0.315. The Labute approximate surface area is 218 Å². The number of ether oxygens (including phenoxy) is 1. The van der Waals surface area contributed by atoms with Crippen LogP contribution in [-0.2, 0) is 11.8 Å². The van der Waals surface area contributed by atoms with Crippen molar-refractivity contribution in [1.82, 2.24) is 24.3 Å². The van der Waals surface area contributed by atoms with Gasteiger partial charge in [0.25, 0.3) is 0 Å². The van der Waals surface area contributed by atoms with E-state index in [1.54, 1.807) is 4.90 Å². The number of anilines is 1. The van der Waals surface area contributed by atoms with Crippen LogP contribution < -0.4 is 4.90 Å². The van der Waals surface area contributed by atoms with Gasteiger partial charge in [0.15, 0.2) is 0 Å². The molecular weight excluding hydrogens is 555 g/mol. The number of nitrogens with zero attached hydrogens (tertiary/aromatic N) is 6. The summed E-state index contributed by atoms with van der Waals surface area (Å²) in [5.41, 5.74) is 6.17. The van der Waals surface area contributed by atoms with Crippen molar-refractivity contribution in [1.29, 1.82) is 0 Å². The molecule has 1 fully saturated rings. The van der Waals surface area contributed by atoms with Gasteiger partial charge in [-0.05, 0) is 67.1 Å². The summed E-state index contributed by atoms with van der Waals surface area (Å²) in [6.07, 6.45) is 7.60. The van der Waals surface area contributed by atoms with E-state index in [9.17, 15) is 4.79 Å². The number of amides is 1. The fourth-order valence-electron chi connectivity index (χ4n) is 4.36. The van der Waals surface area contributed by atoms with E-state index in [2.05, 4.69) is 74.2 Å². The normalized spacial score (nSPS) is 14.5. The average molecular weight is 584 g/mol. The number of rotatable bonds is 3. The Morgan fingerprint density at radius 3 is 2.29 bits per heavy atom. The number of hydrogen-bond acceptors (Lipinski definition) is 5. The summed E-state index contributed by atoms with van der Waals surface area (Å²) in [5.74, 6) is 0. The van der Waals surface area contributed by atoms with Gasteiger partial charge >= 0.3 is 6.09 Å². The molecule has 0 radical (unpaired) electrons. The Kier molecular flexibility index (Phi) is 6.20. The maximum atomic E-state index is 12.4. The van der Waals surface area contributed by atoms with Crippen LogP contribution >= 0.6 is 22.6 Å². The standard InChI is InChI=1S/C26H29IN6O2/c1-26(2,3)35-25(34)32-11-9-31(10-12-32)21-7-5-18(6-8-21)22-13-19(20-14-28-30(4)16-20)17-33-24(22)23(27)15-29-33/h5-8,13-17H,9-12H2,1-4H3. The van der Waals surface area contributed by atoms with Crippen molar-refractivity contribution in [2.24, 2.45) is 7.05 Å². The number of carbonyl (C=O) groups is 1. The first-order valence-electron chi connectivity index (χ1n) is 11.7. The van der Waals surface area contributed by atoms with E-state index in [-0.39, 0.29) is 6.09 Å². The fraction of sp³-hybridized carbons (Fsp3) is 0.346. The van der Waals surface area contributed by atoms with Crippen LogP contribution in [0.3, 0.4) is 0 Å². The Morgan fingerprint density at radius 1 is 0.943 bits per heavy atom. The molecule has 1 aliphatic heterocycles. The molecule has 4 heterocycles. The average Bonchev–Trinajstić information content (AvgIpc) is 3.43. The van der Waals surface area contributed by atoms with Crippen LogP contribution in [-0.4, -0.2) is 62.2 Å². The number of aromatic nitrogens is 4. The topological polar surface area (TPSA) is 67.9 Å². The summed E-state index contributed by atoms with van der Waals surface area (Å²) in [6, 6.07) is 10.9. The smallest absolute Gasteiger partial charge is 0.410 e. The molecule has 1 aromatic carbocycles. The summed E-state index contributed by atoms with van der Waals surface area (Å²) >= 11 is 2.34. The predicted octanol–water partition coefficient (Wildman–Crippen LogP) is 5.06. The van der Waals surface area contributed by atoms with Gasteiger partial charge in [0.05, 0.1) is 21.5 Å². The third-order valence-corrected chi connectivity index (χ3v) is 6.87. The maximum absolute atomic E-state index is 12.4. The number of halogens is 1. The van der Waals surface area contributed by atoms with Gasteiger partial charge in [-0.25, -0.2) is 9.31 Å². The van der Waals surface area contributed by atoms with Gasteiger partial charge in [0.1, 0.15) is 5.60 Å². The second-order valence-corrected chi connectivity index (χ2v) is 11.0. The zero-order valence-electron chi connectivity index (χ0n) is 20.4.